The summed E-state index contributed by atoms with van der Waals surface area (Å²) < 4.78 is 0. The molecule has 1 heterocycles. The number of benzene rings is 1. The number of hydrogen-bond acceptors (Lipinski definition) is 2. The Morgan fingerprint density at radius 2 is 1.95 bits per heavy atom. The van der Waals surface area contributed by atoms with Gasteiger partial charge in [0, 0.05) is 31.7 Å². The molecule has 2 rings (SSSR count). The Morgan fingerprint density at radius 1 is 1.18 bits per heavy atom. The summed E-state index contributed by atoms with van der Waals surface area (Å²) in [5.74, 6) is 0.871. The topological polar surface area (TPSA) is 15.3 Å². The fraction of sp³-hybridized carbons (Fsp3) is 0.700. The SMILES string of the molecule is CCCCC1CC(NCc2ccccc2)CN(C(C)CC)C1. The van der Waals surface area contributed by atoms with Crippen molar-refractivity contribution in [1.82, 2.24) is 10.2 Å². The molecule has 0 radical (unpaired) electrons. The highest BCUT2D eigenvalue weighted by Crippen LogP contribution is 2.24. The van der Waals surface area contributed by atoms with Crippen molar-refractivity contribution >= 4 is 0 Å². The highest BCUT2D eigenvalue weighted by atomic mass is 15.2. The zero-order chi connectivity index (χ0) is 15.8. The Kier molecular flexibility index (Phi) is 7.41. The smallest absolute Gasteiger partial charge is 0.0208 e. The zero-order valence-electron chi connectivity index (χ0n) is 14.7. The number of likely N-dealkylation sites (tertiary alicyclic amines) is 1. The number of nitrogens with zero attached hydrogens (tertiary/aromatic N) is 1. The molecule has 1 aromatic rings. The van der Waals surface area contributed by atoms with E-state index in [-0.39, 0.29) is 0 Å². The van der Waals surface area contributed by atoms with Crippen molar-refractivity contribution in [3.8, 4) is 0 Å². The largest absolute Gasteiger partial charge is 0.309 e. The first-order valence-corrected chi connectivity index (χ1v) is 9.24. The quantitative estimate of drug-likeness (QED) is 0.763. The van der Waals surface area contributed by atoms with Crippen molar-refractivity contribution < 1.29 is 0 Å². The number of piperidine rings is 1. The van der Waals surface area contributed by atoms with Gasteiger partial charge in [0.2, 0.25) is 0 Å². The summed E-state index contributed by atoms with van der Waals surface area (Å²) in [5.41, 5.74) is 1.40. The van der Waals surface area contributed by atoms with E-state index in [9.17, 15) is 0 Å². The minimum atomic E-state index is 0.643. The van der Waals surface area contributed by atoms with E-state index in [1.165, 1.54) is 50.8 Å². The van der Waals surface area contributed by atoms with Crippen LogP contribution in [-0.2, 0) is 6.54 Å². The van der Waals surface area contributed by atoms with Gasteiger partial charge in [0.15, 0.2) is 0 Å². The van der Waals surface area contributed by atoms with Gasteiger partial charge in [0.05, 0.1) is 0 Å². The molecule has 0 aliphatic carbocycles. The van der Waals surface area contributed by atoms with Gasteiger partial charge in [-0.2, -0.15) is 0 Å². The summed E-state index contributed by atoms with van der Waals surface area (Å²) in [6, 6.07) is 12.2. The minimum Gasteiger partial charge on any atom is -0.309 e. The molecule has 1 fully saturated rings. The summed E-state index contributed by atoms with van der Waals surface area (Å²) in [6.07, 6.45) is 6.70. The van der Waals surface area contributed by atoms with Crippen LogP contribution in [0.3, 0.4) is 0 Å². The fourth-order valence-electron chi connectivity index (χ4n) is 3.57. The molecule has 1 aliphatic heterocycles. The van der Waals surface area contributed by atoms with Crippen molar-refractivity contribution in [1.29, 1.82) is 0 Å². The lowest BCUT2D eigenvalue weighted by molar-refractivity contribution is 0.0969. The number of hydrogen-bond donors (Lipinski definition) is 1. The average molecular weight is 303 g/mol. The van der Waals surface area contributed by atoms with Gasteiger partial charge in [0.1, 0.15) is 0 Å². The molecular weight excluding hydrogens is 268 g/mol. The first-order valence-electron chi connectivity index (χ1n) is 9.24. The van der Waals surface area contributed by atoms with Gasteiger partial charge in [-0.1, -0.05) is 57.0 Å². The highest BCUT2D eigenvalue weighted by Gasteiger charge is 2.28. The maximum atomic E-state index is 3.81. The van der Waals surface area contributed by atoms with Gasteiger partial charge in [-0.05, 0) is 37.7 Å². The number of unbranched alkanes of at least 4 members (excludes halogenated alkanes) is 1. The van der Waals surface area contributed by atoms with E-state index in [0.717, 1.165) is 12.5 Å². The van der Waals surface area contributed by atoms with Crippen LogP contribution in [0.4, 0.5) is 0 Å². The van der Waals surface area contributed by atoms with Gasteiger partial charge in [0.25, 0.3) is 0 Å². The molecular formula is C20H34N2. The Balaban J connectivity index is 1.90. The molecule has 0 aromatic heterocycles. The molecule has 1 aromatic carbocycles. The Morgan fingerprint density at radius 3 is 2.64 bits per heavy atom. The predicted octanol–water partition coefficient (Wildman–Crippen LogP) is 4.46. The molecule has 3 atom stereocenters. The molecule has 22 heavy (non-hydrogen) atoms. The lowest BCUT2D eigenvalue weighted by Gasteiger charge is -2.41. The van der Waals surface area contributed by atoms with Gasteiger partial charge in [-0.25, -0.2) is 0 Å². The van der Waals surface area contributed by atoms with E-state index in [4.69, 9.17) is 0 Å². The molecule has 2 heteroatoms. The monoisotopic (exact) mass is 302 g/mol. The third-order valence-electron chi connectivity index (χ3n) is 5.18. The zero-order valence-corrected chi connectivity index (χ0v) is 14.7. The van der Waals surface area contributed by atoms with E-state index < -0.39 is 0 Å². The molecule has 3 unspecified atom stereocenters. The maximum Gasteiger partial charge on any atom is 0.0208 e. The standard InChI is InChI=1S/C20H34N2/c1-4-6-10-19-13-20(16-22(15-19)17(3)5-2)21-14-18-11-8-7-9-12-18/h7-9,11-12,17,19-21H,4-6,10,13-16H2,1-3H3. The van der Waals surface area contributed by atoms with Crippen molar-refractivity contribution in [2.24, 2.45) is 5.92 Å². The summed E-state index contributed by atoms with van der Waals surface area (Å²) in [6.45, 7) is 10.5. The molecule has 124 valence electrons. The summed E-state index contributed by atoms with van der Waals surface area (Å²) >= 11 is 0. The van der Waals surface area contributed by atoms with Crippen LogP contribution in [0.25, 0.3) is 0 Å². The van der Waals surface area contributed by atoms with Gasteiger partial charge >= 0.3 is 0 Å². The molecule has 2 nitrogen and oxygen atoms in total. The lowest BCUT2D eigenvalue weighted by Crippen LogP contribution is -2.51. The molecule has 1 aliphatic rings. The first-order chi connectivity index (χ1) is 10.7. The van der Waals surface area contributed by atoms with E-state index >= 15 is 0 Å². The molecule has 0 bridgehead atoms. The van der Waals surface area contributed by atoms with Gasteiger partial charge < -0.3 is 5.32 Å². The van der Waals surface area contributed by atoms with E-state index in [2.05, 4.69) is 61.3 Å². The lowest BCUT2D eigenvalue weighted by atomic mass is 9.89. The predicted molar refractivity (Wildman–Crippen MR) is 96.0 cm³/mol. The normalized spacial score (nSPS) is 24.3. The maximum absolute atomic E-state index is 3.81. The van der Waals surface area contributed by atoms with E-state index in [1.807, 2.05) is 0 Å². The summed E-state index contributed by atoms with van der Waals surface area (Å²) in [7, 11) is 0. The van der Waals surface area contributed by atoms with Crippen LogP contribution in [0.5, 0.6) is 0 Å². The van der Waals surface area contributed by atoms with E-state index in [0.29, 0.717) is 12.1 Å². The second-order valence-corrected chi connectivity index (χ2v) is 7.02. The van der Waals surface area contributed by atoms with Crippen LogP contribution in [0.15, 0.2) is 30.3 Å². The van der Waals surface area contributed by atoms with Crippen molar-refractivity contribution in [2.75, 3.05) is 13.1 Å². The Bertz CT molecular complexity index is 403. The summed E-state index contributed by atoms with van der Waals surface area (Å²) in [4.78, 5) is 2.71. The van der Waals surface area contributed by atoms with Crippen LogP contribution < -0.4 is 5.32 Å². The van der Waals surface area contributed by atoms with Crippen LogP contribution >= 0.6 is 0 Å². The molecule has 0 saturated carbocycles. The average Bonchev–Trinajstić information content (AvgIpc) is 2.58. The second kappa shape index (κ2) is 9.32. The highest BCUT2D eigenvalue weighted by molar-refractivity contribution is 5.14. The van der Waals surface area contributed by atoms with Crippen molar-refractivity contribution in [3.63, 3.8) is 0 Å². The van der Waals surface area contributed by atoms with Crippen LogP contribution in [0, 0.1) is 5.92 Å². The molecule has 1 saturated heterocycles. The molecule has 0 amide bonds. The summed E-state index contributed by atoms with van der Waals surface area (Å²) in [5, 5.41) is 3.81. The van der Waals surface area contributed by atoms with Crippen LogP contribution in [0.2, 0.25) is 0 Å². The minimum absolute atomic E-state index is 0.643. The Labute approximate surface area is 137 Å². The Hall–Kier alpha value is -0.860. The molecule has 0 spiro atoms. The fourth-order valence-corrected chi connectivity index (χ4v) is 3.57. The third kappa shape index (κ3) is 5.40. The third-order valence-corrected chi connectivity index (χ3v) is 5.18. The first kappa shape index (κ1) is 17.5. The van der Waals surface area contributed by atoms with E-state index in [1.54, 1.807) is 0 Å². The number of rotatable bonds is 8. The van der Waals surface area contributed by atoms with Gasteiger partial charge in [-0.15, -0.1) is 0 Å². The van der Waals surface area contributed by atoms with Crippen molar-refractivity contribution in [3.05, 3.63) is 35.9 Å². The van der Waals surface area contributed by atoms with Crippen molar-refractivity contribution in [2.45, 2.75) is 71.5 Å². The van der Waals surface area contributed by atoms with Gasteiger partial charge in [-0.3, -0.25) is 4.90 Å². The van der Waals surface area contributed by atoms with Crippen LogP contribution in [0.1, 0.15) is 58.4 Å². The number of nitrogens with one attached hydrogen (secondary N) is 1. The second-order valence-electron chi connectivity index (χ2n) is 7.02. The van der Waals surface area contributed by atoms with Crippen LogP contribution in [-0.4, -0.2) is 30.1 Å². The molecule has 1 N–H and O–H groups in total.